The third-order valence-electron chi connectivity index (χ3n) is 10.7. The zero-order valence-corrected chi connectivity index (χ0v) is 50.6. The highest BCUT2D eigenvalue weighted by molar-refractivity contribution is 9.10. The van der Waals surface area contributed by atoms with E-state index in [0.29, 0.717) is 36.7 Å². The Bertz CT molecular complexity index is 2740. The largest absolute Gasteiger partial charge is 0.504 e. The number of aldehydes is 1. The molecule has 2 aromatic carbocycles. The summed E-state index contributed by atoms with van der Waals surface area (Å²) in [6.45, 7) is 34.9. The number of aromatic hydroxyl groups is 1. The maximum atomic E-state index is 10.3. The number of aryl methyl sites for hydroxylation is 10. The maximum absolute atomic E-state index is 10.3. The summed E-state index contributed by atoms with van der Waals surface area (Å²) in [7, 11) is 3.32. The molecule has 0 unspecified atom stereocenters. The third-order valence-corrected chi connectivity index (χ3v) is 11.4. The molecule has 21 heteroatoms. The highest BCUT2D eigenvalue weighted by Crippen LogP contribution is 2.29. The number of nitrogens with two attached hydrogens (primary N) is 1. The van der Waals surface area contributed by atoms with Crippen LogP contribution >= 0.6 is 15.9 Å². The van der Waals surface area contributed by atoms with E-state index in [9.17, 15) is 9.59 Å². The molecule has 0 bridgehead atoms. The highest BCUT2D eigenvalue weighted by Gasteiger charge is 2.14. The lowest BCUT2D eigenvalue weighted by molar-refractivity contribution is -0.120. The minimum Gasteiger partial charge on any atom is -0.504 e. The highest BCUT2D eigenvalue weighted by atomic mass is 79.9. The fraction of sp³-hybridized carbons (Fsp3) is 0.524. The molecule has 0 aliphatic carbocycles. The Morgan fingerprint density at radius 2 is 0.988 bits per heavy atom. The fourth-order valence-corrected chi connectivity index (χ4v) is 6.85. The second-order valence-electron chi connectivity index (χ2n) is 17.1. The first-order valence-electron chi connectivity index (χ1n) is 26.2. The first-order chi connectivity index (χ1) is 37.3. The second kappa shape index (κ2) is 50.3. The SMILES string of the molecule is C.C.C.C.C.C.CCCN.CCCN=C(C)C.CCn1cc(C=O)c(C)n1.CCn1cc(O)c(C)n1.CCn1cc(OC=O)c(C)n1.CCn1cc(OCc2ccc(OC)cc2)c(C)n1.CCn1nc(C)c(OCc2ccc(OC)cc2)c1Br. The minimum absolute atomic E-state index is 0. The molecule has 7 rings (SSSR count). The molecular formula is C63H111BrN12O8. The summed E-state index contributed by atoms with van der Waals surface area (Å²) < 4.78 is 36.3. The summed E-state index contributed by atoms with van der Waals surface area (Å²) >= 11 is 3.51. The number of benzene rings is 2. The number of ether oxygens (including phenoxy) is 5. The number of methoxy groups -OCH3 is 2. The lowest BCUT2D eigenvalue weighted by Crippen LogP contribution is -1.98. The lowest BCUT2D eigenvalue weighted by Gasteiger charge is -2.07. The number of rotatable bonds is 19. The molecule has 0 radical (unpaired) electrons. The van der Waals surface area contributed by atoms with E-state index in [-0.39, 0.29) is 50.3 Å². The molecule has 0 atom stereocenters. The molecule has 0 aliphatic rings. The van der Waals surface area contributed by atoms with Gasteiger partial charge in [0.15, 0.2) is 29.3 Å². The zero-order chi connectivity index (χ0) is 58.6. The number of aliphatic imine (C=N–C) groups is 1. The second-order valence-corrected chi connectivity index (χ2v) is 17.8. The monoisotopic (exact) mass is 1240 g/mol. The first-order valence-corrected chi connectivity index (χ1v) is 27.0. The molecule has 478 valence electrons. The van der Waals surface area contributed by atoms with Gasteiger partial charge in [-0.3, -0.25) is 38.0 Å². The Kier molecular flexibility index (Phi) is 52.6. The summed E-state index contributed by atoms with van der Waals surface area (Å²) in [4.78, 5) is 24.4. The molecule has 20 nitrogen and oxygen atoms in total. The first kappa shape index (κ1) is 88.0. The summed E-state index contributed by atoms with van der Waals surface area (Å²) in [6.07, 6.45) is 10.1. The standard InChI is InChI=1S/C14H17BrN2O2.C14H18N2O2.C7H10N2O2.C7H10N2O.C6H10N2O.C6H13N.C3H9N.6CH4/c1-4-17-14(15)13(10(2)16-17)19-9-11-5-7-12(18-3)8-6-11;1-4-16-9-14(11(2)15-16)18-10-12-5-7-13(17-3)8-6-12;1-3-9-4-7(11-5-10)6(2)8-9;1-3-9-4-7(5-10)6(2)8-9;1-3-8-4-6(9)5(2)7-8;1-4-5-7-6(2)3;1-2-3-4;;;;;;/h5-8H,4,9H2,1-3H3;5-9H,4,10H2,1-3H3;4-5H,3H2,1-2H3;4-5H,3H2,1-2H3;4,9H,3H2,1-2H3;4-5H2,1-3H3;2-4H2,1H3;6*1H4. The Labute approximate surface area is 515 Å². The smallest absolute Gasteiger partial charge is 0.298 e. The van der Waals surface area contributed by atoms with E-state index in [0.717, 1.165) is 126 Å². The van der Waals surface area contributed by atoms with Gasteiger partial charge >= 0.3 is 0 Å². The number of hydrogen-bond acceptors (Lipinski definition) is 15. The van der Waals surface area contributed by atoms with Crippen LogP contribution in [0.15, 0.2) is 82.9 Å². The molecule has 0 aliphatic heterocycles. The van der Waals surface area contributed by atoms with E-state index < -0.39 is 0 Å². The van der Waals surface area contributed by atoms with Crippen molar-refractivity contribution in [1.82, 2.24) is 48.9 Å². The summed E-state index contributed by atoms with van der Waals surface area (Å²) in [5.74, 6) is 4.15. The predicted octanol–water partition coefficient (Wildman–Crippen LogP) is 15.1. The lowest BCUT2D eigenvalue weighted by atomic mass is 10.2. The van der Waals surface area contributed by atoms with Crippen molar-refractivity contribution in [2.75, 3.05) is 27.3 Å². The molecule has 0 spiro atoms. The van der Waals surface area contributed by atoms with Crippen LogP contribution in [0.25, 0.3) is 0 Å². The molecule has 3 N–H and O–H groups in total. The number of nitrogens with zero attached hydrogens (tertiary/aromatic N) is 11. The topological polar surface area (TPSA) is 228 Å². The van der Waals surface area contributed by atoms with Crippen molar-refractivity contribution in [3.05, 3.63) is 123 Å². The van der Waals surface area contributed by atoms with Crippen molar-refractivity contribution in [1.29, 1.82) is 0 Å². The molecule has 5 aromatic heterocycles. The van der Waals surface area contributed by atoms with Crippen molar-refractivity contribution >= 4 is 34.4 Å². The van der Waals surface area contributed by atoms with Crippen molar-refractivity contribution < 1.29 is 38.4 Å². The van der Waals surface area contributed by atoms with Gasteiger partial charge in [-0.25, -0.2) is 0 Å². The molecule has 0 saturated carbocycles. The van der Waals surface area contributed by atoms with Gasteiger partial charge in [0, 0.05) is 51.2 Å². The Morgan fingerprint density at radius 3 is 1.30 bits per heavy atom. The van der Waals surface area contributed by atoms with Gasteiger partial charge in [0.05, 0.1) is 44.1 Å². The normalized spacial score (nSPS) is 9.17. The van der Waals surface area contributed by atoms with Crippen LogP contribution in [-0.2, 0) is 50.7 Å². The zero-order valence-electron chi connectivity index (χ0n) is 49.0. The quantitative estimate of drug-likeness (QED) is 0.0567. The maximum Gasteiger partial charge on any atom is 0.298 e. The van der Waals surface area contributed by atoms with E-state index >= 15 is 0 Å². The minimum atomic E-state index is 0. The molecule has 84 heavy (non-hydrogen) atoms. The van der Waals surface area contributed by atoms with Crippen LogP contribution in [0.5, 0.6) is 34.5 Å². The molecule has 0 fully saturated rings. The van der Waals surface area contributed by atoms with E-state index in [1.54, 1.807) is 60.7 Å². The third kappa shape index (κ3) is 33.1. The van der Waals surface area contributed by atoms with Gasteiger partial charge in [-0.15, -0.1) is 0 Å². The molecule has 0 saturated heterocycles. The van der Waals surface area contributed by atoms with E-state index in [1.165, 1.54) is 5.71 Å². The van der Waals surface area contributed by atoms with Gasteiger partial charge in [-0.05, 0) is 154 Å². The fourth-order valence-electron chi connectivity index (χ4n) is 6.12. The van der Waals surface area contributed by atoms with Crippen molar-refractivity contribution in [2.45, 2.75) is 200 Å². The van der Waals surface area contributed by atoms with Gasteiger partial charge < -0.3 is 34.5 Å². The van der Waals surface area contributed by atoms with Crippen molar-refractivity contribution in [2.24, 2.45) is 10.7 Å². The van der Waals surface area contributed by atoms with Crippen molar-refractivity contribution in [3.8, 4) is 34.5 Å². The predicted molar refractivity (Wildman–Crippen MR) is 353 cm³/mol. The Morgan fingerprint density at radius 1 is 0.571 bits per heavy atom. The number of carbonyl (C=O) groups excluding carboxylic acids is 2. The van der Waals surface area contributed by atoms with Crippen LogP contribution in [0.2, 0.25) is 0 Å². The van der Waals surface area contributed by atoms with Gasteiger partial charge in [0.2, 0.25) is 0 Å². The number of aromatic nitrogens is 10. The van der Waals surface area contributed by atoms with Crippen LogP contribution in [-0.4, -0.2) is 99.8 Å². The van der Waals surface area contributed by atoms with Crippen LogP contribution < -0.4 is 29.4 Å². The average Bonchev–Trinajstić information content (AvgIpc) is 4.37. The number of carbonyl (C=O) groups is 2. The Hall–Kier alpha value is -7.26. The number of halogens is 1. The van der Waals surface area contributed by atoms with Gasteiger partial charge in [-0.1, -0.05) is 82.7 Å². The molecule has 5 heterocycles. The number of hydrogen-bond donors (Lipinski definition) is 2. The van der Waals surface area contributed by atoms with Gasteiger partial charge in [0.25, 0.3) is 6.47 Å². The Balaban J connectivity index is -0.000000218. The average molecular weight is 1240 g/mol. The summed E-state index contributed by atoms with van der Waals surface area (Å²) in [6, 6.07) is 15.7. The van der Waals surface area contributed by atoms with Crippen LogP contribution in [0, 0.1) is 34.6 Å². The molecule has 0 amide bonds. The molecule has 7 aromatic rings. The van der Waals surface area contributed by atoms with E-state index in [2.05, 4.69) is 71.9 Å². The van der Waals surface area contributed by atoms with Gasteiger partial charge in [-0.2, -0.15) is 25.5 Å². The summed E-state index contributed by atoms with van der Waals surface area (Å²) in [5, 5.41) is 29.9. The van der Waals surface area contributed by atoms with Gasteiger partial charge in [0.1, 0.15) is 52.1 Å². The van der Waals surface area contributed by atoms with Crippen LogP contribution in [0.4, 0.5) is 0 Å². The van der Waals surface area contributed by atoms with Crippen molar-refractivity contribution in [3.63, 3.8) is 0 Å². The van der Waals surface area contributed by atoms with Crippen LogP contribution in [0.1, 0.15) is 170 Å². The summed E-state index contributed by atoms with van der Waals surface area (Å²) in [5.41, 5.74) is 13.1. The van der Waals surface area contributed by atoms with Crippen LogP contribution in [0.3, 0.4) is 0 Å². The van der Waals surface area contributed by atoms with E-state index in [4.69, 9.17) is 29.8 Å². The molecular weight excluding hydrogens is 1130 g/mol. The van der Waals surface area contributed by atoms with E-state index in [1.807, 2.05) is 126 Å².